The Morgan fingerprint density at radius 1 is 1.19 bits per heavy atom. The number of hydrogen-bond acceptors (Lipinski definition) is 8. The number of rotatable bonds is 9. The van der Waals surface area contributed by atoms with Crippen molar-refractivity contribution in [3.8, 4) is 11.5 Å². The van der Waals surface area contributed by atoms with E-state index in [9.17, 15) is 4.79 Å². The number of carbonyl (C=O) groups is 1. The van der Waals surface area contributed by atoms with Crippen LogP contribution >= 0.6 is 50.9 Å². The number of halogens is 3. The predicted octanol–water partition coefficient (Wildman–Crippen LogP) is 6.90. The Morgan fingerprint density at radius 3 is 2.65 bits per heavy atom. The van der Waals surface area contributed by atoms with Gasteiger partial charge in [-0.2, -0.15) is 4.98 Å². The molecule has 1 atom stereocenters. The topological polar surface area (TPSA) is 87.5 Å². The molecule has 1 aromatic heterocycles. The maximum Gasteiger partial charge on any atom is 0.338 e. The maximum atomic E-state index is 12.9. The third-order valence-electron chi connectivity index (χ3n) is 5.53. The number of ether oxygens (including phenoxy) is 3. The van der Waals surface area contributed by atoms with Crippen molar-refractivity contribution < 1.29 is 19.0 Å². The molecule has 1 aliphatic heterocycles. The van der Waals surface area contributed by atoms with Crippen LogP contribution in [0.3, 0.4) is 0 Å². The number of nitrogens with one attached hydrogen (secondary N) is 1. The number of methoxy groups -OCH3 is 1. The molecule has 0 saturated heterocycles. The van der Waals surface area contributed by atoms with Crippen molar-refractivity contribution in [3.05, 3.63) is 67.2 Å². The molecule has 8 nitrogen and oxygen atoms in total. The molecule has 3 aromatic rings. The van der Waals surface area contributed by atoms with Crippen LogP contribution in [-0.4, -0.2) is 40.2 Å². The van der Waals surface area contributed by atoms with Crippen molar-refractivity contribution in [2.75, 3.05) is 24.8 Å². The molecule has 0 saturated carbocycles. The lowest BCUT2D eigenvalue weighted by molar-refractivity contribution is -0.136. The second-order valence-corrected chi connectivity index (χ2v) is 10.9. The summed E-state index contributed by atoms with van der Waals surface area (Å²) in [6.45, 7) is 6.40. The van der Waals surface area contributed by atoms with E-state index >= 15 is 0 Å². The number of esters is 1. The number of aromatic nitrogens is 3. The number of allylic oxidation sites excluding steroid dienone is 1. The lowest BCUT2D eigenvalue weighted by Gasteiger charge is -2.28. The van der Waals surface area contributed by atoms with Gasteiger partial charge in [-0.3, -0.25) is 0 Å². The van der Waals surface area contributed by atoms with E-state index in [1.165, 1.54) is 18.9 Å². The van der Waals surface area contributed by atoms with E-state index in [0.717, 1.165) is 16.9 Å². The maximum absolute atomic E-state index is 12.9. The first kappa shape index (κ1) is 27.6. The molecule has 0 amide bonds. The van der Waals surface area contributed by atoms with E-state index in [1.807, 2.05) is 39.0 Å². The van der Waals surface area contributed by atoms with E-state index in [4.69, 9.17) is 37.4 Å². The summed E-state index contributed by atoms with van der Waals surface area (Å²) in [5, 5.41) is 9.40. The predicted molar refractivity (Wildman–Crippen MR) is 149 cm³/mol. The molecule has 1 N–H and O–H groups in total. The summed E-state index contributed by atoms with van der Waals surface area (Å²) in [6.07, 6.45) is 0. The van der Waals surface area contributed by atoms with Gasteiger partial charge in [0.05, 0.1) is 33.8 Å². The van der Waals surface area contributed by atoms with Crippen molar-refractivity contribution >= 4 is 62.8 Å². The molecule has 37 heavy (non-hydrogen) atoms. The lowest BCUT2D eigenvalue weighted by Crippen LogP contribution is -2.29. The fourth-order valence-electron chi connectivity index (χ4n) is 3.94. The Hall–Kier alpha value is -2.40. The minimum atomic E-state index is -0.595. The van der Waals surface area contributed by atoms with Gasteiger partial charge in [-0.15, -0.1) is 5.10 Å². The standard InChI is InChI=1S/C25H25BrCl2N4O4S/c1-5-35-19-11-15(10-16(26)22(19)36-12-14-7-8-17(27)18(28)9-14)21-20(23(33)34-4)13(3)29-24-30-25(37-6-2)31-32(21)24/h7-11,21H,5-6,12H2,1-4H3,(H,29,30,31). The van der Waals surface area contributed by atoms with Crippen LogP contribution in [0, 0.1) is 0 Å². The van der Waals surface area contributed by atoms with Crippen LogP contribution in [0.15, 0.2) is 51.2 Å². The summed E-state index contributed by atoms with van der Waals surface area (Å²) in [5.41, 5.74) is 2.66. The highest BCUT2D eigenvalue weighted by Crippen LogP contribution is 2.43. The number of anilines is 1. The van der Waals surface area contributed by atoms with Gasteiger partial charge in [-0.05, 0) is 70.9 Å². The molecule has 0 spiro atoms. The normalized spacial score (nSPS) is 14.7. The lowest BCUT2D eigenvalue weighted by atomic mass is 9.95. The number of carbonyl (C=O) groups excluding carboxylic acids is 1. The van der Waals surface area contributed by atoms with Gasteiger partial charge >= 0.3 is 5.97 Å². The molecule has 0 fully saturated rings. The average molecular weight is 628 g/mol. The van der Waals surface area contributed by atoms with Crippen LogP contribution in [0.25, 0.3) is 0 Å². The zero-order valence-electron chi connectivity index (χ0n) is 20.6. The third kappa shape index (κ3) is 5.87. The summed E-state index contributed by atoms with van der Waals surface area (Å²) in [5.74, 6) is 1.93. The Kier molecular flexibility index (Phi) is 8.94. The van der Waals surface area contributed by atoms with Crippen molar-refractivity contribution in [3.63, 3.8) is 0 Å². The minimum Gasteiger partial charge on any atom is -0.490 e. The Balaban J connectivity index is 1.77. The Bertz CT molecular complexity index is 1360. The molecule has 4 rings (SSSR count). The molecule has 2 aromatic carbocycles. The fourth-order valence-corrected chi connectivity index (χ4v) is 5.39. The van der Waals surface area contributed by atoms with Crippen molar-refractivity contribution in [1.82, 2.24) is 14.8 Å². The minimum absolute atomic E-state index is 0.250. The van der Waals surface area contributed by atoms with Crippen LogP contribution in [0.5, 0.6) is 11.5 Å². The Labute approximate surface area is 237 Å². The van der Waals surface area contributed by atoms with Crippen LogP contribution < -0.4 is 14.8 Å². The van der Waals surface area contributed by atoms with Gasteiger partial charge < -0.3 is 19.5 Å². The number of thioether (sulfide) groups is 1. The molecular weight excluding hydrogens is 603 g/mol. The highest BCUT2D eigenvalue weighted by Gasteiger charge is 2.36. The smallest absolute Gasteiger partial charge is 0.338 e. The molecule has 12 heteroatoms. The first-order valence-electron chi connectivity index (χ1n) is 11.5. The van der Waals surface area contributed by atoms with Crippen LogP contribution in [0.2, 0.25) is 10.0 Å². The highest BCUT2D eigenvalue weighted by atomic mass is 79.9. The summed E-state index contributed by atoms with van der Waals surface area (Å²) in [4.78, 5) is 17.5. The molecular formula is C25H25BrCl2N4O4S. The van der Waals surface area contributed by atoms with Gasteiger partial charge in [0.15, 0.2) is 11.5 Å². The van der Waals surface area contributed by atoms with Crippen molar-refractivity contribution in [2.45, 2.75) is 38.6 Å². The highest BCUT2D eigenvalue weighted by molar-refractivity contribution is 9.10. The van der Waals surface area contributed by atoms with Gasteiger partial charge in [-0.25, -0.2) is 9.48 Å². The molecule has 2 heterocycles. The average Bonchev–Trinajstić information content (AvgIpc) is 3.26. The molecule has 0 radical (unpaired) electrons. The first-order valence-corrected chi connectivity index (χ1v) is 14.0. The number of fused-ring (bicyclic) bond motifs is 1. The van der Waals surface area contributed by atoms with Gasteiger partial charge in [0, 0.05) is 5.70 Å². The third-order valence-corrected chi connectivity index (χ3v) is 7.57. The molecule has 0 bridgehead atoms. The Morgan fingerprint density at radius 2 is 1.97 bits per heavy atom. The largest absolute Gasteiger partial charge is 0.490 e. The zero-order chi connectivity index (χ0) is 26.7. The summed E-state index contributed by atoms with van der Waals surface area (Å²) in [6, 6.07) is 8.48. The van der Waals surface area contributed by atoms with Crippen LogP contribution in [0.1, 0.15) is 37.9 Å². The van der Waals surface area contributed by atoms with E-state index in [0.29, 0.717) is 55.0 Å². The van der Waals surface area contributed by atoms with E-state index in [-0.39, 0.29) is 6.61 Å². The summed E-state index contributed by atoms with van der Waals surface area (Å²) in [7, 11) is 1.36. The monoisotopic (exact) mass is 626 g/mol. The van der Waals surface area contributed by atoms with Gasteiger partial charge in [0.2, 0.25) is 11.1 Å². The fraction of sp³-hybridized carbons (Fsp3) is 0.320. The van der Waals surface area contributed by atoms with Gasteiger partial charge in [0.1, 0.15) is 12.6 Å². The van der Waals surface area contributed by atoms with Gasteiger partial charge in [-0.1, -0.05) is 48.0 Å². The molecule has 1 unspecified atom stereocenters. The van der Waals surface area contributed by atoms with Gasteiger partial charge in [0.25, 0.3) is 0 Å². The molecule has 1 aliphatic rings. The summed E-state index contributed by atoms with van der Waals surface area (Å²) < 4.78 is 19.6. The van der Waals surface area contributed by atoms with Crippen molar-refractivity contribution in [1.29, 1.82) is 0 Å². The summed E-state index contributed by atoms with van der Waals surface area (Å²) >= 11 is 17.4. The van der Waals surface area contributed by atoms with Crippen LogP contribution in [-0.2, 0) is 16.1 Å². The second-order valence-electron chi connectivity index (χ2n) is 7.95. The quantitative estimate of drug-likeness (QED) is 0.202. The van der Waals surface area contributed by atoms with E-state index in [2.05, 4.69) is 31.3 Å². The molecule has 0 aliphatic carbocycles. The second kappa shape index (κ2) is 12.0. The van der Waals surface area contributed by atoms with Crippen molar-refractivity contribution in [2.24, 2.45) is 0 Å². The number of benzene rings is 2. The first-order chi connectivity index (χ1) is 17.8. The zero-order valence-corrected chi connectivity index (χ0v) is 24.5. The van der Waals surface area contributed by atoms with Crippen LogP contribution in [0.4, 0.5) is 5.95 Å². The number of nitrogens with zero attached hydrogens (tertiary/aromatic N) is 3. The SMILES string of the molecule is CCOc1cc(C2C(C(=O)OC)=C(C)Nc3nc(SCC)nn32)cc(Br)c1OCc1ccc(Cl)c(Cl)c1. The van der Waals surface area contributed by atoms with E-state index < -0.39 is 12.0 Å². The van der Waals surface area contributed by atoms with E-state index in [1.54, 1.807) is 16.8 Å². The number of hydrogen-bond donors (Lipinski definition) is 1. The molecule has 196 valence electrons.